The zero-order valence-corrected chi connectivity index (χ0v) is 11.4. The molecule has 0 aliphatic rings. The summed E-state index contributed by atoms with van der Waals surface area (Å²) in [4.78, 5) is 0. The quantitative estimate of drug-likeness (QED) is 0.734. The molecule has 1 atom stereocenters. The molecule has 2 N–H and O–H groups in total. The van der Waals surface area contributed by atoms with Gasteiger partial charge < -0.3 is 10.4 Å². The second kappa shape index (κ2) is 8.09. The van der Waals surface area contributed by atoms with Crippen LogP contribution in [0.4, 0.5) is 4.39 Å². The van der Waals surface area contributed by atoms with Gasteiger partial charge >= 0.3 is 0 Å². The van der Waals surface area contributed by atoms with Gasteiger partial charge in [0.05, 0.1) is 0 Å². The van der Waals surface area contributed by atoms with Crippen LogP contribution in [0.25, 0.3) is 0 Å². The Morgan fingerprint density at radius 3 is 2.67 bits per heavy atom. The first-order valence-electron chi connectivity index (χ1n) is 6.88. The molecule has 0 saturated heterocycles. The molecular weight excluding hydrogens is 229 g/mol. The summed E-state index contributed by atoms with van der Waals surface area (Å²) >= 11 is 0. The first-order valence-corrected chi connectivity index (χ1v) is 6.88. The van der Waals surface area contributed by atoms with Crippen molar-refractivity contribution in [2.45, 2.75) is 58.5 Å². The Morgan fingerprint density at radius 2 is 2.00 bits per heavy atom. The molecule has 0 aromatic heterocycles. The van der Waals surface area contributed by atoms with E-state index in [1.54, 1.807) is 0 Å². The minimum atomic E-state index is -0.301. The Bertz CT molecular complexity index is 354. The summed E-state index contributed by atoms with van der Waals surface area (Å²) in [7, 11) is 0. The van der Waals surface area contributed by atoms with Gasteiger partial charge in [-0.1, -0.05) is 33.1 Å². The largest absolute Gasteiger partial charge is 0.508 e. The maximum absolute atomic E-state index is 13.1. The smallest absolute Gasteiger partial charge is 0.123 e. The minimum absolute atomic E-state index is 0.162. The Hall–Kier alpha value is -1.09. The van der Waals surface area contributed by atoms with Crippen molar-refractivity contribution in [2.24, 2.45) is 0 Å². The topological polar surface area (TPSA) is 32.3 Å². The second-order valence-electron chi connectivity index (χ2n) is 4.78. The van der Waals surface area contributed by atoms with Gasteiger partial charge in [0.1, 0.15) is 11.6 Å². The van der Waals surface area contributed by atoms with Crippen molar-refractivity contribution >= 4 is 0 Å². The Morgan fingerprint density at radius 1 is 1.22 bits per heavy atom. The highest BCUT2D eigenvalue weighted by Gasteiger charge is 2.08. The van der Waals surface area contributed by atoms with Crippen molar-refractivity contribution in [1.82, 2.24) is 5.32 Å². The fraction of sp³-hybridized carbons (Fsp3) is 0.600. The predicted octanol–water partition coefficient (Wildman–Crippen LogP) is 3.98. The first kappa shape index (κ1) is 15.0. The maximum atomic E-state index is 13.1. The number of hydrogen-bond donors (Lipinski definition) is 2. The molecule has 1 aromatic carbocycles. The van der Waals surface area contributed by atoms with Gasteiger partial charge in [-0.3, -0.25) is 0 Å². The fourth-order valence-corrected chi connectivity index (χ4v) is 2.10. The summed E-state index contributed by atoms with van der Waals surface area (Å²) in [6.07, 6.45) is 5.78. The van der Waals surface area contributed by atoms with E-state index in [0.29, 0.717) is 18.2 Å². The number of aromatic hydroxyl groups is 1. The molecule has 1 aromatic rings. The molecule has 102 valence electrons. The average Bonchev–Trinajstić information content (AvgIpc) is 2.36. The maximum Gasteiger partial charge on any atom is 0.123 e. The highest BCUT2D eigenvalue weighted by atomic mass is 19.1. The van der Waals surface area contributed by atoms with Crippen LogP contribution in [0.3, 0.4) is 0 Å². The van der Waals surface area contributed by atoms with E-state index in [1.165, 1.54) is 31.0 Å². The van der Waals surface area contributed by atoms with Crippen LogP contribution < -0.4 is 5.32 Å². The second-order valence-corrected chi connectivity index (χ2v) is 4.78. The monoisotopic (exact) mass is 253 g/mol. The highest BCUT2D eigenvalue weighted by molar-refractivity contribution is 5.32. The van der Waals surface area contributed by atoms with Crippen molar-refractivity contribution in [3.8, 4) is 5.75 Å². The molecule has 0 heterocycles. The summed E-state index contributed by atoms with van der Waals surface area (Å²) < 4.78 is 13.1. The molecule has 18 heavy (non-hydrogen) atoms. The van der Waals surface area contributed by atoms with Crippen molar-refractivity contribution in [1.29, 1.82) is 0 Å². The molecule has 1 rings (SSSR count). The minimum Gasteiger partial charge on any atom is -0.508 e. The zero-order valence-electron chi connectivity index (χ0n) is 11.4. The number of benzene rings is 1. The average molecular weight is 253 g/mol. The molecule has 0 aliphatic carbocycles. The van der Waals surface area contributed by atoms with Crippen LogP contribution in [-0.2, 0) is 6.54 Å². The van der Waals surface area contributed by atoms with Crippen molar-refractivity contribution in [2.75, 3.05) is 0 Å². The molecule has 0 saturated carbocycles. The van der Waals surface area contributed by atoms with Crippen LogP contribution >= 0.6 is 0 Å². The Balaban J connectivity index is 2.52. The predicted molar refractivity (Wildman–Crippen MR) is 73.1 cm³/mol. The molecule has 0 amide bonds. The van der Waals surface area contributed by atoms with Gasteiger partial charge in [0.25, 0.3) is 0 Å². The molecule has 0 radical (unpaired) electrons. The van der Waals surface area contributed by atoms with E-state index in [1.807, 2.05) is 0 Å². The molecule has 1 unspecified atom stereocenters. The van der Waals surface area contributed by atoms with E-state index in [2.05, 4.69) is 19.2 Å². The third-order valence-corrected chi connectivity index (χ3v) is 3.17. The van der Waals surface area contributed by atoms with E-state index in [4.69, 9.17) is 0 Å². The van der Waals surface area contributed by atoms with Gasteiger partial charge in [-0.25, -0.2) is 4.39 Å². The molecule has 0 aliphatic heterocycles. The highest BCUT2D eigenvalue weighted by Crippen LogP contribution is 2.18. The van der Waals surface area contributed by atoms with Crippen LogP contribution in [0.5, 0.6) is 5.75 Å². The van der Waals surface area contributed by atoms with Crippen LogP contribution in [0.2, 0.25) is 0 Å². The number of phenols is 1. The number of unbranched alkanes of at least 4 members (excludes halogenated alkanes) is 1. The summed E-state index contributed by atoms with van der Waals surface area (Å²) in [6.45, 7) is 4.87. The molecule has 0 spiro atoms. The van der Waals surface area contributed by atoms with Gasteiger partial charge in [-0.05, 0) is 31.0 Å². The van der Waals surface area contributed by atoms with Crippen molar-refractivity contribution < 1.29 is 9.50 Å². The first-order chi connectivity index (χ1) is 8.67. The lowest BCUT2D eigenvalue weighted by molar-refractivity contribution is 0.420. The van der Waals surface area contributed by atoms with Gasteiger partial charge in [0.15, 0.2) is 0 Å². The van der Waals surface area contributed by atoms with E-state index in [0.717, 1.165) is 19.3 Å². The number of halogens is 1. The molecular formula is C15H24FNO. The number of phenolic OH excluding ortho intramolecular Hbond substituents is 1. The van der Waals surface area contributed by atoms with Gasteiger partial charge in [-0.2, -0.15) is 0 Å². The van der Waals surface area contributed by atoms with Gasteiger partial charge in [-0.15, -0.1) is 0 Å². The van der Waals surface area contributed by atoms with E-state index < -0.39 is 0 Å². The lowest BCUT2D eigenvalue weighted by Crippen LogP contribution is -2.28. The SMILES string of the molecule is CCCCC(CCC)NCc1cc(F)ccc1O. The lowest BCUT2D eigenvalue weighted by Gasteiger charge is -2.18. The molecule has 2 nitrogen and oxygen atoms in total. The summed E-state index contributed by atoms with van der Waals surface area (Å²) in [5.74, 6) is -0.139. The van der Waals surface area contributed by atoms with Crippen molar-refractivity contribution in [3.63, 3.8) is 0 Å². The Labute approximate surface area is 109 Å². The van der Waals surface area contributed by atoms with Crippen LogP contribution in [0.1, 0.15) is 51.5 Å². The van der Waals surface area contributed by atoms with Crippen LogP contribution in [0.15, 0.2) is 18.2 Å². The molecule has 0 fully saturated rings. The summed E-state index contributed by atoms with van der Waals surface area (Å²) in [6, 6.07) is 4.54. The Kier molecular flexibility index (Phi) is 6.73. The van der Waals surface area contributed by atoms with Gasteiger partial charge in [0, 0.05) is 18.2 Å². The lowest BCUT2D eigenvalue weighted by atomic mass is 10.0. The van der Waals surface area contributed by atoms with E-state index >= 15 is 0 Å². The molecule has 0 bridgehead atoms. The fourth-order valence-electron chi connectivity index (χ4n) is 2.10. The summed E-state index contributed by atoms with van der Waals surface area (Å²) in [5.41, 5.74) is 0.632. The van der Waals surface area contributed by atoms with E-state index in [9.17, 15) is 9.50 Å². The standard InChI is InChI=1S/C15H24FNO/c1-3-5-7-14(6-4-2)17-11-12-10-13(16)8-9-15(12)18/h8-10,14,17-18H,3-7,11H2,1-2H3. The third kappa shape index (κ3) is 5.05. The van der Waals surface area contributed by atoms with Crippen molar-refractivity contribution in [3.05, 3.63) is 29.6 Å². The number of hydrogen-bond acceptors (Lipinski definition) is 2. The normalized spacial score (nSPS) is 12.6. The van der Waals surface area contributed by atoms with E-state index in [-0.39, 0.29) is 11.6 Å². The summed E-state index contributed by atoms with van der Waals surface area (Å²) in [5, 5.41) is 13.1. The zero-order chi connectivity index (χ0) is 13.4. The van der Waals surface area contributed by atoms with Crippen LogP contribution in [0, 0.1) is 5.82 Å². The number of nitrogens with one attached hydrogen (secondary N) is 1. The number of rotatable bonds is 8. The van der Waals surface area contributed by atoms with Crippen LogP contribution in [-0.4, -0.2) is 11.1 Å². The molecule has 3 heteroatoms. The third-order valence-electron chi connectivity index (χ3n) is 3.17. The van der Waals surface area contributed by atoms with Gasteiger partial charge in [0.2, 0.25) is 0 Å².